The third-order valence-electron chi connectivity index (χ3n) is 3.07. The van der Waals surface area contributed by atoms with Crippen molar-refractivity contribution in [3.63, 3.8) is 0 Å². The number of carbonyl (C=O) groups is 2. The molecule has 4 heteroatoms. The van der Waals surface area contributed by atoms with E-state index in [4.69, 9.17) is 0 Å². The molecule has 1 amide bonds. The Kier molecular flexibility index (Phi) is 2.21. The van der Waals surface area contributed by atoms with Crippen LogP contribution in [0.1, 0.15) is 12.8 Å². The Morgan fingerprint density at radius 2 is 1.94 bits per heavy atom. The van der Waals surface area contributed by atoms with Gasteiger partial charge in [0.05, 0.1) is 11.4 Å². The summed E-state index contributed by atoms with van der Waals surface area (Å²) in [7, 11) is 0. The molecule has 0 saturated heterocycles. The first-order valence-corrected chi connectivity index (χ1v) is 5.64. The van der Waals surface area contributed by atoms with Gasteiger partial charge in [-0.25, -0.2) is 0 Å². The first-order chi connectivity index (χ1) is 8.24. The van der Waals surface area contributed by atoms with Gasteiger partial charge in [-0.15, -0.1) is 0 Å². The van der Waals surface area contributed by atoms with Crippen LogP contribution in [0.25, 0.3) is 0 Å². The molecule has 0 radical (unpaired) electrons. The summed E-state index contributed by atoms with van der Waals surface area (Å²) in [6.45, 7) is 0.288. The molecule has 17 heavy (non-hydrogen) atoms. The summed E-state index contributed by atoms with van der Waals surface area (Å²) in [6.07, 6.45) is 2.92. The molecule has 0 bridgehead atoms. The number of nitrogens with zero attached hydrogens (tertiary/aromatic N) is 1. The minimum absolute atomic E-state index is 0.0380. The summed E-state index contributed by atoms with van der Waals surface area (Å²) in [5.41, 5.74) is 2.72. The number of carbonyl (C=O) groups excluding carboxylic acids is 2. The molecule has 1 heterocycles. The third-order valence-corrected chi connectivity index (χ3v) is 3.07. The predicted molar refractivity (Wildman–Crippen MR) is 64.7 cm³/mol. The van der Waals surface area contributed by atoms with Crippen molar-refractivity contribution in [2.75, 3.05) is 16.8 Å². The van der Waals surface area contributed by atoms with E-state index < -0.39 is 0 Å². The van der Waals surface area contributed by atoms with Crippen molar-refractivity contribution in [3.05, 3.63) is 36.0 Å². The van der Waals surface area contributed by atoms with E-state index >= 15 is 0 Å². The van der Waals surface area contributed by atoms with Crippen LogP contribution in [0.15, 0.2) is 36.0 Å². The van der Waals surface area contributed by atoms with Crippen LogP contribution < -0.4 is 10.2 Å². The highest BCUT2D eigenvalue weighted by Crippen LogP contribution is 2.34. The summed E-state index contributed by atoms with van der Waals surface area (Å²) >= 11 is 0. The molecule has 86 valence electrons. The Balaban J connectivity index is 2.03. The number of fused-ring (bicyclic) bond motifs is 1. The number of nitrogens with one attached hydrogen (secondary N) is 1. The molecule has 2 aliphatic rings. The fourth-order valence-corrected chi connectivity index (χ4v) is 2.28. The van der Waals surface area contributed by atoms with Gasteiger partial charge in [-0.05, 0) is 18.6 Å². The highest BCUT2D eigenvalue weighted by molar-refractivity contribution is 6.03. The Morgan fingerprint density at radius 1 is 1.12 bits per heavy atom. The quantitative estimate of drug-likeness (QED) is 0.795. The molecular formula is C13H12N2O2. The maximum absolute atomic E-state index is 11.6. The van der Waals surface area contributed by atoms with Crippen LogP contribution in [-0.2, 0) is 9.59 Å². The molecule has 1 N–H and O–H groups in total. The van der Waals surface area contributed by atoms with E-state index in [9.17, 15) is 9.59 Å². The molecule has 1 aromatic rings. The zero-order valence-electron chi connectivity index (χ0n) is 9.27. The van der Waals surface area contributed by atoms with Gasteiger partial charge in [-0.1, -0.05) is 12.1 Å². The normalized spacial score (nSPS) is 18.8. The van der Waals surface area contributed by atoms with Crippen LogP contribution in [0.5, 0.6) is 0 Å². The molecule has 0 saturated carbocycles. The summed E-state index contributed by atoms with van der Waals surface area (Å²) in [4.78, 5) is 24.8. The number of benzene rings is 1. The van der Waals surface area contributed by atoms with Crippen molar-refractivity contribution < 1.29 is 9.59 Å². The first kappa shape index (κ1) is 10.1. The van der Waals surface area contributed by atoms with Gasteiger partial charge in [-0.2, -0.15) is 0 Å². The lowest BCUT2D eigenvalue weighted by Crippen LogP contribution is -2.37. The van der Waals surface area contributed by atoms with Gasteiger partial charge in [0.25, 0.3) is 0 Å². The summed E-state index contributed by atoms with van der Waals surface area (Å²) < 4.78 is 0. The summed E-state index contributed by atoms with van der Waals surface area (Å²) in [6, 6.07) is 7.65. The topological polar surface area (TPSA) is 49.4 Å². The number of para-hydroxylation sites is 2. The Morgan fingerprint density at radius 3 is 2.71 bits per heavy atom. The average molecular weight is 228 g/mol. The Labute approximate surface area is 98.9 Å². The van der Waals surface area contributed by atoms with E-state index in [1.807, 2.05) is 29.2 Å². The number of ketones is 1. The first-order valence-electron chi connectivity index (χ1n) is 5.64. The number of amides is 1. The molecule has 1 aliphatic carbocycles. The van der Waals surface area contributed by atoms with Gasteiger partial charge in [0.1, 0.15) is 6.54 Å². The van der Waals surface area contributed by atoms with Gasteiger partial charge in [0.2, 0.25) is 5.91 Å². The fraction of sp³-hybridized carbons (Fsp3) is 0.231. The Bertz CT molecular complexity index is 534. The largest absolute Gasteiger partial charge is 0.334 e. The van der Waals surface area contributed by atoms with Crippen LogP contribution in [-0.4, -0.2) is 18.2 Å². The van der Waals surface area contributed by atoms with Crippen LogP contribution in [0.2, 0.25) is 0 Å². The number of anilines is 2. The fourth-order valence-electron chi connectivity index (χ4n) is 2.28. The number of rotatable bonds is 1. The maximum atomic E-state index is 11.6. The van der Waals surface area contributed by atoms with Gasteiger partial charge in [0, 0.05) is 18.2 Å². The van der Waals surface area contributed by atoms with Crippen molar-refractivity contribution in [1.82, 2.24) is 0 Å². The Hall–Kier alpha value is -2.10. The van der Waals surface area contributed by atoms with E-state index in [0.29, 0.717) is 6.42 Å². The van der Waals surface area contributed by atoms with E-state index in [1.165, 1.54) is 0 Å². The second kappa shape index (κ2) is 3.73. The van der Waals surface area contributed by atoms with Gasteiger partial charge >= 0.3 is 0 Å². The van der Waals surface area contributed by atoms with Crippen LogP contribution >= 0.6 is 0 Å². The molecule has 0 unspecified atom stereocenters. The minimum atomic E-state index is -0.0380. The van der Waals surface area contributed by atoms with E-state index in [0.717, 1.165) is 23.5 Å². The summed E-state index contributed by atoms with van der Waals surface area (Å²) in [5.74, 6) is 0.104. The standard InChI is InChI=1S/C13H12N2O2/c16-10-6-5-9(7-10)15-8-13(17)14-11-3-1-2-4-12(11)15/h1-4,7H,5-6,8H2,(H,14,17). The van der Waals surface area contributed by atoms with E-state index in [2.05, 4.69) is 5.32 Å². The third kappa shape index (κ3) is 1.71. The molecule has 4 nitrogen and oxygen atoms in total. The molecular weight excluding hydrogens is 216 g/mol. The van der Waals surface area contributed by atoms with Crippen molar-refractivity contribution in [2.24, 2.45) is 0 Å². The second-order valence-corrected chi connectivity index (χ2v) is 4.25. The van der Waals surface area contributed by atoms with Crippen LogP contribution in [0.3, 0.4) is 0 Å². The zero-order valence-corrected chi connectivity index (χ0v) is 9.27. The van der Waals surface area contributed by atoms with Gasteiger partial charge in [0.15, 0.2) is 5.78 Å². The van der Waals surface area contributed by atoms with Crippen molar-refractivity contribution in [1.29, 1.82) is 0 Å². The predicted octanol–water partition coefficient (Wildman–Crippen LogP) is 1.69. The number of hydrogen-bond acceptors (Lipinski definition) is 3. The SMILES string of the molecule is O=C1C=C(N2CC(=O)Nc3ccccc32)CC1. The lowest BCUT2D eigenvalue weighted by molar-refractivity contribution is -0.115. The van der Waals surface area contributed by atoms with Crippen LogP contribution in [0, 0.1) is 0 Å². The summed E-state index contributed by atoms with van der Waals surface area (Å²) in [5, 5.41) is 2.83. The highest BCUT2D eigenvalue weighted by atomic mass is 16.2. The lowest BCUT2D eigenvalue weighted by atomic mass is 10.1. The van der Waals surface area contributed by atoms with E-state index in [1.54, 1.807) is 6.08 Å². The molecule has 0 fully saturated rings. The smallest absolute Gasteiger partial charge is 0.244 e. The number of hydrogen-bond donors (Lipinski definition) is 1. The second-order valence-electron chi connectivity index (χ2n) is 4.25. The molecule has 1 aliphatic heterocycles. The van der Waals surface area contributed by atoms with Crippen molar-refractivity contribution in [2.45, 2.75) is 12.8 Å². The van der Waals surface area contributed by atoms with Gasteiger partial charge < -0.3 is 10.2 Å². The van der Waals surface area contributed by atoms with Crippen molar-refractivity contribution in [3.8, 4) is 0 Å². The minimum Gasteiger partial charge on any atom is -0.334 e. The molecule has 3 rings (SSSR count). The molecule has 0 atom stereocenters. The maximum Gasteiger partial charge on any atom is 0.244 e. The number of allylic oxidation sites excluding steroid dienone is 2. The highest BCUT2D eigenvalue weighted by Gasteiger charge is 2.26. The molecule has 0 spiro atoms. The van der Waals surface area contributed by atoms with Crippen molar-refractivity contribution >= 4 is 23.1 Å². The molecule has 0 aromatic heterocycles. The monoisotopic (exact) mass is 228 g/mol. The lowest BCUT2D eigenvalue weighted by Gasteiger charge is -2.31. The van der Waals surface area contributed by atoms with E-state index in [-0.39, 0.29) is 18.2 Å². The molecule has 1 aromatic carbocycles. The average Bonchev–Trinajstić information content (AvgIpc) is 2.74. The van der Waals surface area contributed by atoms with Crippen LogP contribution in [0.4, 0.5) is 11.4 Å². The zero-order chi connectivity index (χ0) is 11.8. The van der Waals surface area contributed by atoms with Gasteiger partial charge in [-0.3, -0.25) is 9.59 Å².